The summed E-state index contributed by atoms with van der Waals surface area (Å²) in [5, 5.41) is 2.88. The number of amides is 1. The molecule has 1 aliphatic heterocycles. The fourth-order valence-electron chi connectivity index (χ4n) is 2.46. The van der Waals surface area contributed by atoms with E-state index >= 15 is 0 Å². The van der Waals surface area contributed by atoms with Crippen LogP contribution in [0.4, 0.5) is 5.82 Å². The maximum Gasteiger partial charge on any atom is 0.265 e. The van der Waals surface area contributed by atoms with E-state index in [0.717, 1.165) is 25.1 Å². The number of ether oxygens (including phenoxy) is 1. The van der Waals surface area contributed by atoms with Crippen LogP contribution in [0.1, 0.15) is 22.5 Å². The molecule has 3 rings (SSSR count). The fraction of sp³-hybridized carbons (Fsp3) is 0.333. The number of carbonyl (C=O) groups excluding carboxylic acids is 1. The average Bonchev–Trinajstić information content (AvgIpc) is 3.14. The average molecular weight is 335 g/mol. The quantitative estimate of drug-likeness (QED) is 0.843. The summed E-state index contributed by atoms with van der Waals surface area (Å²) < 4.78 is 7.78. The standard InChI is InChI=1S/C15H17N3O2S2/c16-13-12(14(19)17-9-11-7-4-8-20-11)22-15(21)18(13)10-5-2-1-3-6-10/h1-3,5-6,11H,4,7-9,16H2,(H,17,19)/t11-/m0/s1. The molecule has 22 heavy (non-hydrogen) atoms. The van der Waals surface area contributed by atoms with Gasteiger partial charge in [-0.25, -0.2) is 0 Å². The van der Waals surface area contributed by atoms with E-state index in [2.05, 4.69) is 5.32 Å². The van der Waals surface area contributed by atoms with Crippen LogP contribution in [0.15, 0.2) is 30.3 Å². The van der Waals surface area contributed by atoms with E-state index in [0.29, 0.717) is 21.2 Å². The molecule has 1 atom stereocenters. The van der Waals surface area contributed by atoms with Crippen LogP contribution < -0.4 is 11.1 Å². The third kappa shape index (κ3) is 3.06. The number of hydrogen-bond acceptors (Lipinski definition) is 5. The first-order valence-electron chi connectivity index (χ1n) is 7.13. The number of carbonyl (C=O) groups is 1. The lowest BCUT2D eigenvalue weighted by molar-refractivity contribution is 0.0861. The van der Waals surface area contributed by atoms with E-state index < -0.39 is 0 Å². The van der Waals surface area contributed by atoms with Gasteiger partial charge in [-0.05, 0) is 37.2 Å². The zero-order valence-corrected chi connectivity index (χ0v) is 13.6. The van der Waals surface area contributed by atoms with E-state index in [9.17, 15) is 4.79 Å². The van der Waals surface area contributed by atoms with Crippen LogP contribution in [0.3, 0.4) is 0 Å². The van der Waals surface area contributed by atoms with E-state index in [-0.39, 0.29) is 12.0 Å². The first kappa shape index (κ1) is 15.2. The molecule has 2 aromatic rings. The van der Waals surface area contributed by atoms with Gasteiger partial charge in [0.05, 0.1) is 6.10 Å². The summed E-state index contributed by atoms with van der Waals surface area (Å²) >= 11 is 6.58. The van der Waals surface area contributed by atoms with Gasteiger partial charge in [0.25, 0.3) is 5.91 Å². The SMILES string of the molecule is Nc1c(C(=O)NC[C@@H]2CCCO2)sc(=S)n1-c1ccccc1. The molecule has 0 saturated carbocycles. The van der Waals surface area contributed by atoms with Gasteiger partial charge in [-0.1, -0.05) is 29.5 Å². The highest BCUT2D eigenvalue weighted by Gasteiger charge is 2.20. The van der Waals surface area contributed by atoms with Gasteiger partial charge in [-0.15, -0.1) is 0 Å². The molecular weight excluding hydrogens is 318 g/mol. The van der Waals surface area contributed by atoms with E-state index in [1.807, 2.05) is 30.3 Å². The lowest BCUT2D eigenvalue weighted by atomic mass is 10.2. The predicted molar refractivity (Wildman–Crippen MR) is 90.2 cm³/mol. The molecule has 1 aromatic heterocycles. The van der Waals surface area contributed by atoms with Crippen molar-refractivity contribution in [1.82, 2.24) is 9.88 Å². The van der Waals surface area contributed by atoms with E-state index in [1.165, 1.54) is 11.3 Å². The fourth-order valence-corrected chi connectivity index (χ4v) is 3.75. The molecule has 1 amide bonds. The van der Waals surface area contributed by atoms with E-state index in [4.69, 9.17) is 22.7 Å². The molecule has 1 aliphatic rings. The summed E-state index contributed by atoms with van der Waals surface area (Å²) in [6.45, 7) is 1.28. The Morgan fingerprint density at radius 1 is 1.45 bits per heavy atom. The van der Waals surface area contributed by atoms with Crippen LogP contribution in [0.25, 0.3) is 5.69 Å². The number of benzene rings is 1. The first-order valence-corrected chi connectivity index (χ1v) is 8.36. The molecule has 7 heteroatoms. The number of nitrogens with two attached hydrogens (primary N) is 1. The summed E-state index contributed by atoms with van der Waals surface area (Å²) in [6.07, 6.45) is 2.14. The Morgan fingerprint density at radius 3 is 2.91 bits per heavy atom. The van der Waals surface area contributed by atoms with Gasteiger partial charge in [0.1, 0.15) is 10.7 Å². The Hall–Kier alpha value is -1.70. The summed E-state index contributed by atoms with van der Waals surface area (Å²) in [5.41, 5.74) is 7.00. The summed E-state index contributed by atoms with van der Waals surface area (Å²) in [7, 11) is 0. The van der Waals surface area contributed by atoms with Crippen molar-refractivity contribution in [3.05, 3.63) is 39.2 Å². The predicted octanol–water partition coefficient (Wildman–Crippen LogP) is 2.76. The summed E-state index contributed by atoms with van der Waals surface area (Å²) in [4.78, 5) is 12.8. The van der Waals surface area contributed by atoms with Crippen LogP contribution in [-0.4, -0.2) is 29.7 Å². The lowest BCUT2D eigenvalue weighted by Crippen LogP contribution is -2.31. The normalized spacial score (nSPS) is 17.5. The number of nitrogen functional groups attached to an aromatic ring is 1. The lowest BCUT2D eigenvalue weighted by Gasteiger charge is -2.10. The smallest absolute Gasteiger partial charge is 0.265 e. The molecule has 1 fully saturated rings. The third-order valence-electron chi connectivity index (χ3n) is 3.58. The van der Waals surface area contributed by atoms with E-state index in [1.54, 1.807) is 4.57 Å². The number of nitrogens with zero attached hydrogens (tertiary/aromatic N) is 1. The Balaban J connectivity index is 1.80. The zero-order valence-electron chi connectivity index (χ0n) is 12.0. The molecule has 2 heterocycles. The van der Waals surface area contributed by atoms with Crippen LogP contribution in [0.5, 0.6) is 0 Å². The Labute approximate surface area is 137 Å². The molecule has 0 spiro atoms. The maximum atomic E-state index is 12.3. The number of rotatable bonds is 4. The van der Waals surface area contributed by atoms with Crippen molar-refractivity contribution in [2.45, 2.75) is 18.9 Å². The van der Waals surface area contributed by atoms with Crippen molar-refractivity contribution >= 4 is 35.3 Å². The Morgan fingerprint density at radius 2 is 2.23 bits per heavy atom. The Kier molecular flexibility index (Phi) is 4.56. The highest BCUT2D eigenvalue weighted by atomic mass is 32.1. The van der Waals surface area contributed by atoms with Crippen molar-refractivity contribution in [2.75, 3.05) is 18.9 Å². The minimum atomic E-state index is -0.196. The third-order valence-corrected chi connectivity index (χ3v) is 4.97. The topological polar surface area (TPSA) is 69.3 Å². The number of anilines is 1. The van der Waals surface area contributed by atoms with Gasteiger partial charge in [-0.2, -0.15) is 0 Å². The largest absolute Gasteiger partial charge is 0.383 e. The molecule has 0 aliphatic carbocycles. The Bertz CT molecular complexity index is 718. The van der Waals surface area contributed by atoms with Crippen molar-refractivity contribution in [3.63, 3.8) is 0 Å². The minimum Gasteiger partial charge on any atom is -0.383 e. The number of nitrogens with one attached hydrogen (secondary N) is 1. The monoisotopic (exact) mass is 335 g/mol. The van der Waals surface area contributed by atoms with Gasteiger partial charge >= 0.3 is 0 Å². The van der Waals surface area contributed by atoms with Crippen molar-refractivity contribution in [1.29, 1.82) is 0 Å². The molecule has 0 unspecified atom stereocenters. The molecule has 0 radical (unpaired) electrons. The van der Waals surface area contributed by atoms with Gasteiger partial charge < -0.3 is 15.8 Å². The van der Waals surface area contributed by atoms with Crippen molar-refractivity contribution in [3.8, 4) is 5.69 Å². The summed E-state index contributed by atoms with van der Waals surface area (Å²) in [5.74, 6) is 0.185. The maximum absolute atomic E-state index is 12.3. The number of aromatic nitrogens is 1. The second-order valence-corrected chi connectivity index (χ2v) is 6.74. The van der Waals surface area contributed by atoms with Gasteiger partial charge in [0.2, 0.25) is 0 Å². The molecule has 3 N–H and O–H groups in total. The zero-order chi connectivity index (χ0) is 15.5. The van der Waals surface area contributed by atoms with Crippen LogP contribution in [-0.2, 0) is 4.74 Å². The van der Waals surface area contributed by atoms with Crippen molar-refractivity contribution < 1.29 is 9.53 Å². The molecule has 116 valence electrons. The van der Waals surface area contributed by atoms with Crippen LogP contribution >= 0.6 is 23.6 Å². The number of para-hydroxylation sites is 1. The molecule has 1 saturated heterocycles. The van der Waals surface area contributed by atoms with Gasteiger partial charge in [-0.3, -0.25) is 9.36 Å². The second kappa shape index (κ2) is 6.60. The van der Waals surface area contributed by atoms with Crippen LogP contribution in [0, 0.1) is 3.95 Å². The van der Waals surface area contributed by atoms with Crippen LogP contribution in [0.2, 0.25) is 0 Å². The van der Waals surface area contributed by atoms with Gasteiger partial charge in [0.15, 0.2) is 3.95 Å². The first-order chi connectivity index (χ1) is 10.7. The molecule has 5 nitrogen and oxygen atoms in total. The number of thiazole rings is 1. The molecular formula is C15H17N3O2S2. The summed E-state index contributed by atoms with van der Waals surface area (Å²) in [6, 6.07) is 9.56. The van der Waals surface area contributed by atoms with Crippen molar-refractivity contribution in [2.24, 2.45) is 0 Å². The molecule has 0 bridgehead atoms. The van der Waals surface area contributed by atoms with Gasteiger partial charge in [0, 0.05) is 18.8 Å². The highest BCUT2D eigenvalue weighted by molar-refractivity contribution is 7.73. The molecule has 1 aromatic carbocycles. The highest BCUT2D eigenvalue weighted by Crippen LogP contribution is 2.26. The number of hydrogen-bond donors (Lipinski definition) is 2. The second-order valence-electron chi connectivity index (χ2n) is 5.10. The minimum absolute atomic E-state index is 0.106.